The Morgan fingerprint density at radius 1 is 1.22 bits per heavy atom. The Balaban J connectivity index is 1.82. The Morgan fingerprint density at radius 3 is 2.78 bits per heavy atom. The number of thiazole rings is 1. The molecule has 0 saturated carbocycles. The molecule has 3 aromatic rings. The molecular weight excluding hydrogens is 250 g/mol. The topological polar surface area (TPSA) is 90.7 Å². The van der Waals surface area contributed by atoms with Crippen molar-refractivity contribution in [1.29, 1.82) is 0 Å². The van der Waals surface area contributed by atoms with Crippen LogP contribution in [0.2, 0.25) is 0 Å². The fourth-order valence-corrected chi connectivity index (χ4v) is 2.04. The van der Waals surface area contributed by atoms with Crippen LogP contribution >= 0.6 is 11.3 Å². The molecule has 0 radical (unpaired) electrons. The van der Waals surface area contributed by atoms with Crippen molar-refractivity contribution in [2.24, 2.45) is 0 Å². The Labute approximate surface area is 107 Å². The summed E-state index contributed by atoms with van der Waals surface area (Å²) >= 11 is 1.34. The maximum absolute atomic E-state index is 5.56. The molecule has 0 amide bonds. The standard InChI is InChI=1S/C11H9N5OS/c12-11-14-8(6-18-11)10-15-9(16-17-10)5-7-1-3-13-4-2-7/h1-4,6H,5H2,(H2,12,14). The summed E-state index contributed by atoms with van der Waals surface area (Å²) < 4.78 is 5.15. The Morgan fingerprint density at radius 2 is 2.06 bits per heavy atom. The van der Waals surface area contributed by atoms with Gasteiger partial charge in [0.15, 0.2) is 11.0 Å². The monoisotopic (exact) mass is 259 g/mol. The van der Waals surface area contributed by atoms with Crippen LogP contribution in [0.15, 0.2) is 34.4 Å². The highest BCUT2D eigenvalue weighted by atomic mass is 32.1. The zero-order valence-electron chi connectivity index (χ0n) is 9.28. The first kappa shape index (κ1) is 10.8. The van der Waals surface area contributed by atoms with Crippen molar-refractivity contribution in [3.63, 3.8) is 0 Å². The zero-order valence-corrected chi connectivity index (χ0v) is 10.1. The lowest BCUT2D eigenvalue weighted by Crippen LogP contribution is -1.90. The highest BCUT2D eigenvalue weighted by Gasteiger charge is 2.11. The van der Waals surface area contributed by atoms with E-state index in [-0.39, 0.29) is 0 Å². The van der Waals surface area contributed by atoms with E-state index in [0.717, 1.165) is 5.56 Å². The van der Waals surface area contributed by atoms with E-state index in [4.69, 9.17) is 10.3 Å². The number of hydrogen-bond donors (Lipinski definition) is 1. The van der Waals surface area contributed by atoms with E-state index in [1.54, 1.807) is 17.8 Å². The molecule has 0 aliphatic heterocycles. The first-order valence-corrected chi connectivity index (χ1v) is 6.12. The lowest BCUT2D eigenvalue weighted by atomic mass is 10.2. The minimum absolute atomic E-state index is 0.395. The van der Waals surface area contributed by atoms with Crippen LogP contribution in [0.5, 0.6) is 0 Å². The second-order valence-electron chi connectivity index (χ2n) is 3.62. The fraction of sp³-hybridized carbons (Fsp3) is 0.0909. The smallest absolute Gasteiger partial charge is 0.277 e. The molecule has 0 saturated heterocycles. The van der Waals surface area contributed by atoms with Gasteiger partial charge in [-0.2, -0.15) is 4.98 Å². The van der Waals surface area contributed by atoms with Gasteiger partial charge in [0.25, 0.3) is 5.89 Å². The third-order valence-electron chi connectivity index (χ3n) is 2.32. The second-order valence-corrected chi connectivity index (χ2v) is 4.51. The van der Waals surface area contributed by atoms with Crippen molar-refractivity contribution >= 4 is 16.5 Å². The maximum Gasteiger partial charge on any atom is 0.277 e. The van der Waals surface area contributed by atoms with Crippen LogP contribution in [-0.2, 0) is 6.42 Å². The van der Waals surface area contributed by atoms with Gasteiger partial charge < -0.3 is 10.3 Å². The van der Waals surface area contributed by atoms with Crippen molar-refractivity contribution in [3.8, 4) is 11.6 Å². The summed E-state index contributed by atoms with van der Waals surface area (Å²) in [6, 6.07) is 3.83. The number of nitrogens with two attached hydrogens (primary N) is 1. The molecule has 3 heterocycles. The lowest BCUT2D eigenvalue weighted by Gasteiger charge is -1.93. The number of aromatic nitrogens is 4. The summed E-state index contributed by atoms with van der Waals surface area (Å²) in [5.74, 6) is 1.01. The second kappa shape index (κ2) is 4.53. The molecular formula is C11H9N5OS. The number of hydrogen-bond acceptors (Lipinski definition) is 7. The Bertz CT molecular complexity index is 648. The van der Waals surface area contributed by atoms with Crippen LogP contribution in [0.25, 0.3) is 11.6 Å². The summed E-state index contributed by atoms with van der Waals surface area (Å²) in [6.07, 6.45) is 4.07. The number of rotatable bonds is 3. The largest absolute Gasteiger partial charge is 0.375 e. The van der Waals surface area contributed by atoms with E-state index in [9.17, 15) is 0 Å². The van der Waals surface area contributed by atoms with Gasteiger partial charge in [0.2, 0.25) is 0 Å². The van der Waals surface area contributed by atoms with E-state index in [2.05, 4.69) is 20.1 Å². The van der Waals surface area contributed by atoms with Gasteiger partial charge in [0.05, 0.1) is 0 Å². The Kier molecular flexibility index (Phi) is 2.73. The summed E-state index contributed by atoms with van der Waals surface area (Å²) in [7, 11) is 0. The molecule has 7 heteroatoms. The van der Waals surface area contributed by atoms with Gasteiger partial charge in [-0.05, 0) is 17.7 Å². The highest BCUT2D eigenvalue weighted by Crippen LogP contribution is 2.21. The predicted octanol–water partition coefficient (Wildman–Crippen LogP) is 1.76. The third-order valence-corrected chi connectivity index (χ3v) is 2.99. The highest BCUT2D eigenvalue weighted by molar-refractivity contribution is 7.13. The molecule has 3 aromatic heterocycles. The van der Waals surface area contributed by atoms with E-state index >= 15 is 0 Å². The summed E-state index contributed by atoms with van der Waals surface area (Å²) in [6.45, 7) is 0. The van der Waals surface area contributed by atoms with Gasteiger partial charge in [-0.25, -0.2) is 4.98 Å². The average molecular weight is 259 g/mol. The van der Waals surface area contributed by atoms with Gasteiger partial charge in [-0.3, -0.25) is 4.98 Å². The minimum Gasteiger partial charge on any atom is -0.375 e. The van der Waals surface area contributed by atoms with Crippen molar-refractivity contribution in [1.82, 2.24) is 20.1 Å². The number of nitrogens with zero attached hydrogens (tertiary/aromatic N) is 4. The summed E-state index contributed by atoms with van der Waals surface area (Å²) in [5, 5.41) is 6.19. The van der Waals surface area contributed by atoms with Crippen LogP contribution < -0.4 is 5.73 Å². The minimum atomic E-state index is 0.395. The van der Waals surface area contributed by atoms with Crippen molar-refractivity contribution in [3.05, 3.63) is 41.3 Å². The molecule has 6 nitrogen and oxygen atoms in total. The van der Waals surface area contributed by atoms with E-state index in [1.807, 2.05) is 12.1 Å². The van der Waals surface area contributed by atoms with Crippen LogP contribution in [0, 0.1) is 0 Å². The summed E-state index contributed by atoms with van der Waals surface area (Å²) in [5.41, 5.74) is 7.25. The van der Waals surface area contributed by atoms with E-state index in [1.165, 1.54) is 11.3 Å². The predicted molar refractivity (Wildman–Crippen MR) is 66.9 cm³/mol. The van der Waals surface area contributed by atoms with Gasteiger partial charge >= 0.3 is 0 Å². The fourth-order valence-electron chi connectivity index (χ4n) is 1.50. The van der Waals surface area contributed by atoms with Crippen molar-refractivity contribution < 1.29 is 4.52 Å². The number of anilines is 1. The number of nitrogen functional groups attached to an aromatic ring is 1. The molecule has 0 atom stereocenters. The average Bonchev–Trinajstić information content (AvgIpc) is 2.99. The Hall–Kier alpha value is -2.28. The van der Waals surface area contributed by atoms with Gasteiger partial charge in [-0.15, -0.1) is 11.3 Å². The first-order valence-electron chi connectivity index (χ1n) is 5.24. The van der Waals surface area contributed by atoms with Crippen LogP contribution in [0.1, 0.15) is 11.4 Å². The molecule has 2 N–H and O–H groups in total. The van der Waals surface area contributed by atoms with Gasteiger partial charge in [0, 0.05) is 24.2 Å². The van der Waals surface area contributed by atoms with E-state index in [0.29, 0.717) is 29.0 Å². The zero-order chi connectivity index (χ0) is 12.4. The van der Waals surface area contributed by atoms with Crippen molar-refractivity contribution in [2.75, 3.05) is 5.73 Å². The molecule has 0 spiro atoms. The molecule has 0 bridgehead atoms. The lowest BCUT2D eigenvalue weighted by molar-refractivity contribution is 0.423. The van der Waals surface area contributed by atoms with E-state index < -0.39 is 0 Å². The molecule has 90 valence electrons. The molecule has 0 unspecified atom stereocenters. The molecule has 0 aliphatic rings. The third kappa shape index (κ3) is 2.21. The maximum atomic E-state index is 5.56. The van der Waals surface area contributed by atoms with Crippen LogP contribution in [-0.4, -0.2) is 20.1 Å². The molecule has 0 aromatic carbocycles. The van der Waals surface area contributed by atoms with Crippen LogP contribution in [0.4, 0.5) is 5.13 Å². The summed E-state index contributed by atoms with van der Waals surface area (Å²) in [4.78, 5) is 12.3. The molecule has 0 aliphatic carbocycles. The normalized spacial score (nSPS) is 10.7. The molecule has 0 fully saturated rings. The van der Waals surface area contributed by atoms with Gasteiger partial charge in [-0.1, -0.05) is 5.16 Å². The molecule has 18 heavy (non-hydrogen) atoms. The van der Waals surface area contributed by atoms with Crippen molar-refractivity contribution in [2.45, 2.75) is 6.42 Å². The molecule has 3 rings (SSSR count). The van der Waals surface area contributed by atoms with Crippen LogP contribution in [0.3, 0.4) is 0 Å². The first-order chi connectivity index (χ1) is 8.81. The van der Waals surface area contributed by atoms with Gasteiger partial charge in [0.1, 0.15) is 5.69 Å². The number of pyridine rings is 1. The quantitative estimate of drug-likeness (QED) is 0.770. The SMILES string of the molecule is Nc1nc(-c2nc(Cc3ccncc3)no2)cs1.